The van der Waals surface area contributed by atoms with Gasteiger partial charge < -0.3 is 4.57 Å². The van der Waals surface area contributed by atoms with Crippen LogP contribution in [0.4, 0.5) is 0 Å². The fourth-order valence-corrected chi connectivity index (χ4v) is 13.7. The van der Waals surface area contributed by atoms with Crippen LogP contribution in [-0.4, -0.2) is 4.57 Å². The Morgan fingerprint density at radius 3 is 1.90 bits per heavy atom. The first-order valence-electron chi connectivity index (χ1n) is 21.9. The largest absolute Gasteiger partial charge is 0.309 e. The van der Waals surface area contributed by atoms with E-state index < -0.39 is 0 Å². The molecule has 59 heavy (non-hydrogen) atoms. The molecule has 1 spiro atoms. The number of hydrogen-bond donors (Lipinski definition) is 0. The third-order valence-electron chi connectivity index (χ3n) is 15.7. The summed E-state index contributed by atoms with van der Waals surface area (Å²) in [5.41, 5.74) is 15.2. The molecule has 4 saturated carbocycles. The maximum atomic E-state index is 2.74. The lowest BCUT2D eigenvalue weighted by Crippen LogP contribution is -2.55. The van der Waals surface area contributed by atoms with E-state index in [-0.39, 0.29) is 5.41 Å². The highest BCUT2D eigenvalue weighted by atomic mass is 15.0. The summed E-state index contributed by atoms with van der Waals surface area (Å²) in [7, 11) is 0. The van der Waals surface area contributed by atoms with Gasteiger partial charge in [0.2, 0.25) is 0 Å². The van der Waals surface area contributed by atoms with Crippen LogP contribution in [0.3, 0.4) is 0 Å². The molecule has 0 radical (unpaired) electrons. The standard InChI is InChI=1S/C58H43N/c1-2-11-37(12-3-1)39-16-10-17-42(30-39)51-33-45(34-52-46-18-7-6-13-38(46)21-22-47(51)52)59-55-32-41-15-5-4-14-40(41)31-53(55)50-24-23-49-48-19-8-9-20-54(48)58(56(49)57(50)59)43-26-35-25-36(28-43)29-44(58)27-35/h1-24,30-36,43-44H,25-29H2. The van der Waals surface area contributed by atoms with Crippen LogP contribution in [0.5, 0.6) is 0 Å². The van der Waals surface area contributed by atoms with Crippen LogP contribution in [0.25, 0.3) is 93.2 Å². The van der Waals surface area contributed by atoms with Gasteiger partial charge in [0.25, 0.3) is 0 Å². The minimum Gasteiger partial charge on any atom is -0.309 e. The molecule has 280 valence electrons. The van der Waals surface area contributed by atoms with Crippen LogP contribution in [0, 0.1) is 23.7 Å². The second-order valence-corrected chi connectivity index (χ2v) is 18.5. The Hall–Kier alpha value is -6.44. The van der Waals surface area contributed by atoms with Crippen LogP contribution in [-0.2, 0) is 5.41 Å². The van der Waals surface area contributed by atoms with Gasteiger partial charge in [-0.2, -0.15) is 0 Å². The van der Waals surface area contributed by atoms with Gasteiger partial charge in [-0.15, -0.1) is 0 Å². The van der Waals surface area contributed by atoms with Crippen molar-refractivity contribution >= 4 is 54.1 Å². The van der Waals surface area contributed by atoms with E-state index in [0.29, 0.717) is 11.8 Å². The van der Waals surface area contributed by atoms with Crippen molar-refractivity contribution in [2.24, 2.45) is 23.7 Å². The molecule has 1 nitrogen and oxygen atoms in total. The Bertz CT molecular complexity index is 3370. The van der Waals surface area contributed by atoms with Crippen molar-refractivity contribution in [3.8, 4) is 39.1 Å². The number of nitrogens with zero attached hydrogens (tertiary/aromatic N) is 1. The monoisotopic (exact) mass is 753 g/mol. The first-order chi connectivity index (χ1) is 29.2. The molecular weight excluding hydrogens is 711 g/mol. The van der Waals surface area contributed by atoms with E-state index in [1.165, 1.54) is 125 Å². The van der Waals surface area contributed by atoms with E-state index in [2.05, 4.69) is 180 Å². The number of aromatic nitrogens is 1. The topological polar surface area (TPSA) is 4.93 Å². The fraction of sp³-hybridized carbons (Fsp3) is 0.172. The van der Waals surface area contributed by atoms with Gasteiger partial charge in [0.15, 0.2) is 0 Å². The highest BCUT2D eigenvalue weighted by Crippen LogP contribution is 2.70. The summed E-state index contributed by atoms with van der Waals surface area (Å²) >= 11 is 0. The van der Waals surface area contributed by atoms with Crippen molar-refractivity contribution in [1.82, 2.24) is 4.57 Å². The average molecular weight is 754 g/mol. The number of fused-ring (bicyclic) bond motifs is 11. The van der Waals surface area contributed by atoms with E-state index in [4.69, 9.17) is 0 Å². The number of rotatable bonds is 3. The van der Waals surface area contributed by atoms with Crippen LogP contribution >= 0.6 is 0 Å². The van der Waals surface area contributed by atoms with Gasteiger partial charge >= 0.3 is 0 Å². The van der Waals surface area contributed by atoms with Crippen LogP contribution in [0.15, 0.2) is 176 Å². The van der Waals surface area contributed by atoms with Crippen molar-refractivity contribution in [2.45, 2.75) is 37.5 Å². The Morgan fingerprint density at radius 2 is 1.07 bits per heavy atom. The molecule has 0 N–H and O–H groups in total. The molecule has 4 fully saturated rings. The zero-order valence-electron chi connectivity index (χ0n) is 33.0. The van der Waals surface area contributed by atoms with E-state index in [9.17, 15) is 0 Å². The summed E-state index contributed by atoms with van der Waals surface area (Å²) < 4.78 is 2.74. The van der Waals surface area contributed by atoms with E-state index in [0.717, 1.165) is 11.8 Å². The highest BCUT2D eigenvalue weighted by molar-refractivity contribution is 6.18. The van der Waals surface area contributed by atoms with Gasteiger partial charge in [-0.25, -0.2) is 0 Å². The predicted octanol–water partition coefficient (Wildman–Crippen LogP) is 15.3. The summed E-state index contributed by atoms with van der Waals surface area (Å²) in [6.45, 7) is 0. The van der Waals surface area contributed by atoms with Crippen molar-refractivity contribution in [2.75, 3.05) is 0 Å². The Morgan fingerprint density at radius 1 is 0.390 bits per heavy atom. The van der Waals surface area contributed by atoms with Crippen molar-refractivity contribution in [3.63, 3.8) is 0 Å². The maximum absolute atomic E-state index is 2.74. The minimum absolute atomic E-state index is 0.0286. The molecule has 15 rings (SSSR count). The second kappa shape index (κ2) is 11.8. The van der Waals surface area contributed by atoms with Crippen molar-refractivity contribution in [3.05, 3.63) is 187 Å². The van der Waals surface area contributed by atoms with Crippen molar-refractivity contribution in [1.29, 1.82) is 0 Å². The lowest BCUT2D eigenvalue weighted by molar-refractivity contribution is -0.0394. The van der Waals surface area contributed by atoms with Crippen LogP contribution in [0.1, 0.15) is 43.2 Å². The smallest absolute Gasteiger partial charge is 0.0588 e. The third-order valence-corrected chi connectivity index (χ3v) is 15.7. The van der Waals surface area contributed by atoms with Gasteiger partial charge in [0.05, 0.1) is 11.0 Å². The molecule has 1 aromatic heterocycles. The molecular formula is C58H43N. The van der Waals surface area contributed by atoms with Gasteiger partial charge in [0.1, 0.15) is 0 Å². The summed E-state index contributed by atoms with van der Waals surface area (Å²) in [6, 6.07) is 67.3. The van der Waals surface area contributed by atoms with E-state index >= 15 is 0 Å². The lowest BCUT2D eigenvalue weighted by Gasteiger charge is -2.61. The Balaban J connectivity index is 1.15. The zero-order chi connectivity index (χ0) is 38.4. The number of benzene rings is 9. The molecule has 1 heterocycles. The Kier molecular flexibility index (Phi) is 6.52. The molecule has 0 aliphatic heterocycles. The van der Waals surface area contributed by atoms with Gasteiger partial charge in [-0.3, -0.25) is 0 Å². The summed E-state index contributed by atoms with van der Waals surface area (Å²) in [4.78, 5) is 0. The van der Waals surface area contributed by atoms with E-state index in [1.807, 2.05) is 0 Å². The molecule has 4 bridgehead atoms. The van der Waals surface area contributed by atoms with Gasteiger partial charge in [-0.1, -0.05) is 146 Å². The molecule has 5 aliphatic carbocycles. The summed E-state index contributed by atoms with van der Waals surface area (Å²) in [5, 5.41) is 10.5. The fourth-order valence-electron chi connectivity index (χ4n) is 13.7. The average Bonchev–Trinajstić information content (AvgIpc) is 3.77. The molecule has 1 heteroatoms. The van der Waals surface area contributed by atoms with Crippen LogP contribution < -0.4 is 0 Å². The Labute approximate surface area is 344 Å². The highest BCUT2D eigenvalue weighted by Gasteiger charge is 2.62. The zero-order valence-corrected chi connectivity index (χ0v) is 33.0. The van der Waals surface area contributed by atoms with Gasteiger partial charge in [-0.05, 0) is 163 Å². The minimum atomic E-state index is 0.0286. The molecule has 9 aromatic carbocycles. The molecule has 5 aliphatic rings. The quantitative estimate of drug-likeness (QED) is 0.158. The van der Waals surface area contributed by atoms with Gasteiger partial charge in [0, 0.05) is 21.9 Å². The second-order valence-electron chi connectivity index (χ2n) is 18.5. The van der Waals surface area contributed by atoms with E-state index in [1.54, 1.807) is 11.1 Å². The summed E-state index contributed by atoms with van der Waals surface area (Å²) in [5.74, 6) is 3.12. The molecule has 0 amide bonds. The molecule has 0 atom stereocenters. The predicted molar refractivity (Wildman–Crippen MR) is 247 cm³/mol. The lowest BCUT2D eigenvalue weighted by atomic mass is 9.43. The first-order valence-corrected chi connectivity index (χ1v) is 21.9. The van der Waals surface area contributed by atoms with Crippen LogP contribution in [0.2, 0.25) is 0 Å². The molecule has 0 saturated heterocycles. The number of hydrogen-bond acceptors (Lipinski definition) is 0. The molecule has 10 aromatic rings. The first kappa shape index (κ1) is 32.5. The maximum Gasteiger partial charge on any atom is 0.0588 e. The molecule has 0 unspecified atom stereocenters. The normalized spacial score (nSPS) is 22.6. The SMILES string of the molecule is c1ccc(-c2cccc(-c3cc(-n4c5cc6ccccc6cc5c5ccc6c(c54)C4(c5ccccc5-6)C5CC6CC(C5)CC4C6)cc4c3ccc3ccccc34)c2)cc1. The summed E-state index contributed by atoms with van der Waals surface area (Å²) in [6.07, 6.45) is 6.92. The third kappa shape index (κ3) is 4.35. The van der Waals surface area contributed by atoms with Crippen molar-refractivity contribution < 1.29 is 0 Å².